The van der Waals surface area contributed by atoms with Gasteiger partial charge in [-0.25, -0.2) is 4.98 Å². The summed E-state index contributed by atoms with van der Waals surface area (Å²) < 4.78 is 41.1. The number of amides is 1. The van der Waals surface area contributed by atoms with Crippen LogP contribution in [0.5, 0.6) is 0 Å². The number of hydrogen-bond acceptors (Lipinski definition) is 3. The van der Waals surface area contributed by atoms with Crippen molar-refractivity contribution in [3.8, 4) is 0 Å². The van der Waals surface area contributed by atoms with E-state index in [1.54, 1.807) is 32.0 Å². The number of benzene rings is 2. The van der Waals surface area contributed by atoms with Crippen LogP contribution in [0, 0.1) is 13.8 Å². The fourth-order valence-corrected chi connectivity index (χ4v) is 3.66. The van der Waals surface area contributed by atoms with Crippen molar-refractivity contribution < 1.29 is 18.0 Å². The zero-order chi connectivity index (χ0) is 20.9. The van der Waals surface area contributed by atoms with Crippen molar-refractivity contribution in [3.63, 3.8) is 0 Å². The van der Waals surface area contributed by atoms with Gasteiger partial charge in [0.1, 0.15) is 6.54 Å². The number of nitrogens with zero attached hydrogens (tertiary/aromatic N) is 3. The predicted molar refractivity (Wildman–Crippen MR) is 103 cm³/mol. The summed E-state index contributed by atoms with van der Waals surface area (Å²) in [5.41, 5.74) is 0.704. The van der Waals surface area contributed by atoms with Gasteiger partial charge in [0.25, 0.3) is 5.56 Å². The first kappa shape index (κ1) is 19.2. The highest BCUT2D eigenvalue weighted by Crippen LogP contribution is 2.29. The molecule has 0 bridgehead atoms. The summed E-state index contributed by atoms with van der Waals surface area (Å²) in [6.07, 6.45) is -4.24. The van der Waals surface area contributed by atoms with Crippen LogP contribution < -0.4 is 10.5 Å². The SMILES string of the molecule is Cc1cc2nc(C(F)(F)F)c(=O)n(CC(=O)N3CCc4ccccc43)c2cc1C. The van der Waals surface area contributed by atoms with Gasteiger partial charge in [0, 0.05) is 12.2 Å². The molecule has 0 unspecified atom stereocenters. The Kier molecular flexibility index (Phi) is 4.44. The maximum Gasteiger partial charge on any atom is 0.438 e. The second-order valence-corrected chi connectivity index (χ2v) is 7.20. The van der Waals surface area contributed by atoms with Crippen molar-refractivity contribution in [2.75, 3.05) is 11.4 Å². The van der Waals surface area contributed by atoms with Gasteiger partial charge in [0.05, 0.1) is 11.0 Å². The first-order valence-corrected chi connectivity index (χ1v) is 9.14. The molecule has 5 nitrogen and oxygen atoms in total. The smallest absolute Gasteiger partial charge is 0.310 e. The largest absolute Gasteiger partial charge is 0.438 e. The van der Waals surface area contributed by atoms with Gasteiger partial charge in [-0.2, -0.15) is 13.2 Å². The molecular weight excluding hydrogens is 383 g/mol. The van der Waals surface area contributed by atoms with Crippen LogP contribution in [0.1, 0.15) is 22.4 Å². The maximum absolute atomic E-state index is 13.4. The molecule has 1 aliphatic heterocycles. The van der Waals surface area contributed by atoms with E-state index in [0.29, 0.717) is 13.0 Å². The Morgan fingerprint density at radius 2 is 1.83 bits per heavy atom. The molecule has 150 valence electrons. The highest BCUT2D eigenvalue weighted by Gasteiger charge is 2.38. The van der Waals surface area contributed by atoms with Crippen LogP contribution in [-0.2, 0) is 23.9 Å². The molecule has 1 aliphatic rings. The summed E-state index contributed by atoms with van der Waals surface area (Å²) in [4.78, 5) is 30.7. The molecule has 8 heteroatoms. The lowest BCUT2D eigenvalue weighted by Crippen LogP contribution is -2.38. The number of rotatable bonds is 2. The van der Waals surface area contributed by atoms with Crippen molar-refractivity contribution in [1.82, 2.24) is 9.55 Å². The molecule has 1 amide bonds. The van der Waals surface area contributed by atoms with Gasteiger partial charge in [-0.15, -0.1) is 0 Å². The van der Waals surface area contributed by atoms with E-state index in [1.165, 1.54) is 11.0 Å². The number of aromatic nitrogens is 2. The number of halogens is 3. The molecule has 0 aliphatic carbocycles. The Morgan fingerprint density at radius 1 is 1.14 bits per heavy atom. The lowest BCUT2D eigenvalue weighted by molar-refractivity contribution is -0.142. The van der Waals surface area contributed by atoms with E-state index in [4.69, 9.17) is 0 Å². The monoisotopic (exact) mass is 401 g/mol. The average molecular weight is 401 g/mol. The van der Waals surface area contributed by atoms with E-state index < -0.39 is 29.9 Å². The zero-order valence-electron chi connectivity index (χ0n) is 15.9. The van der Waals surface area contributed by atoms with E-state index >= 15 is 0 Å². The van der Waals surface area contributed by atoms with Crippen molar-refractivity contribution in [3.05, 3.63) is 69.1 Å². The number of fused-ring (bicyclic) bond motifs is 2. The van der Waals surface area contributed by atoms with Crippen LogP contribution in [0.3, 0.4) is 0 Å². The highest BCUT2D eigenvalue weighted by molar-refractivity contribution is 5.96. The summed E-state index contributed by atoms with van der Waals surface area (Å²) in [5.74, 6) is -0.434. The molecule has 0 radical (unpaired) electrons. The van der Waals surface area contributed by atoms with Crippen LogP contribution in [0.2, 0.25) is 0 Å². The van der Waals surface area contributed by atoms with Crippen LogP contribution in [0.4, 0.5) is 18.9 Å². The Hall–Kier alpha value is -3.16. The molecule has 0 spiro atoms. The maximum atomic E-state index is 13.4. The van der Waals surface area contributed by atoms with Gasteiger partial charge in [-0.3, -0.25) is 14.2 Å². The molecule has 29 heavy (non-hydrogen) atoms. The minimum absolute atomic E-state index is 0.0367. The van der Waals surface area contributed by atoms with Gasteiger partial charge < -0.3 is 4.90 Å². The van der Waals surface area contributed by atoms with Crippen molar-refractivity contribution in [2.24, 2.45) is 0 Å². The molecular formula is C21H18F3N3O2. The second kappa shape index (κ2) is 6.72. The molecule has 0 fully saturated rings. The third-order valence-corrected chi connectivity index (χ3v) is 5.31. The summed E-state index contributed by atoms with van der Waals surface area (Å²) in [7, 11) is 0. The second-order valence-electron chi connectivity index (χ2n) is 7.20. The molecule has 2 heterocycles. The lowest BCUT2D eigenvalue weighted by Gasteiger charge is -2.20. The summed E-state index contributed by atoms with van der Waals surface area (Å²) >= 11 is 0. The molecule has 3 aromatic rings. The summed E-state index contributed by atoms with van der Waals surface area (Å²) in [5, 5.41) is 0. The Labute approximate surface area is 164 Å². The first-order valence-electron chi connectivity index (χ1n) is 9.14. The number of aryl methyl sites for hydroxylation is 2. The van der Waals surface area contributed by atoms with Crippen LogP contribution in [-0.4, -0.2) is 22.0 Å². The van der Waals surface area contributed by atoms with E-state index in [-0.39, 0.29) is 11.0 Å². The molecule has 2 aromatic carbocycles. The number of hydrogen-bond donors (Lipinski definition) is 0. The Morgan fingerprint density at radius 3 is 2.55 bits per heavy atom. The lowest BCUT2D eigenvalue weighted by atomic mass is 10.1. The minimum atomic E-state index is -4.91. The van der Waals surface area contributed by atoms with E-state index in [1.807, 2.05) is 12.1 Å². The number of carbonyl (C=O) groups is 1. The van der Waals surface area contributed by atoms with Crippen LogP contribution in [0.25, 0.3) is 11.0 Å². The fraction of sp³-hybridized carbons (Fsp3) is 0.286. The minimum Gasteiger partial charge on any atom is -0.310 e. The van der Waals surface area contributed by atoms with Gasteiger partial charge >= 0.3 is 6.18 Å². The highest BCUT2D eigenvalue weighted by atomic mass is 19.4. The Balaban J connectivity index is 1.84. The van der Waals surface area contributed by atoms with Crippen molar-refractivity contribution in [1.29, 1.82) is 0 Å². The summed E-state index contributed by atoms with van der Waals surface area (Å²) in [6, 6.07) is 10.5. The van der Waals surface area contributed by atoms with Gasteiger partial charge in [0.2, 0.25) is 11.6 Å². The normalized spacial score (nSPS) is 13.8. The topological polar surface area (TPSA) is 55.2 Å². The van der Waals surface area contributed by atoms with Gasteiger partial charge in [-0.1, -0.05) is 18.2 Å². The van der Waals surface area contributed by atoms with Crippen LogP contribution in [0.15, 0.2) is 41.2 Å². The predicted octanol–water partition coefficient (Wildman–Crippen LogP) is 3.62. The van der Waals surface area contributed by atoms with E-state index in [2.05, 4.69) is 4.98 Å². The quantitative estimate of drug-likeness (QED) is 0.659. The van der Waals surface area contributed by atoms with Gasteiger partial charge in [0.15, 0.2) is 0 Å². The zero-order valence-corrected chi connectivity index (χ0v) is 15.9. The standard InChI is InChI=1S/C21H18F3N3O2/c1-12-9-15-17(10-13(12)2)27(20(29)19(25-15)21(22,23)24)11-18(28)26-8-7-14-5-3-4-6-16(14)26/h3-6,9-10H,7-8,11H2,1-2H3. The molecule has 4 rings (SSSR count). The fourth-order valence-electron chi connectivity index (χ4n) is 3.66. The van der Waals surface area contributed by atoms with Crippen molar-refractivity contribution >= 4 is 22.6 Å². The van der Waals surface area contributed by atoms with Crippen LogP contribution >= 0.6 is 0 Å². The molecule has 0 saturated heterocycles. The third kappa shape index (κ3) is 3.28. The van der Waals surface area contributed by atoms with Gasteiger partial charge in [-0.05, 0) is 55.2 Å². The number of carbonyl (C=O) groups excluding carboxylic acids is 1. The number of anilines is 1. The first-order chi connectivity index (χ1) is 13.7. The number of para-hydroxylation sites is 1. The van der Waals surface area contributed by atoms with E-state index in [9.17, 15) is 22.8 Å². The molecule has 0 atom stereocenters. The number of alkyl halides is 3. The molecule has 0 saturated carbocycles. The van der Waals surface area contributed by atoms with E-state index in [0.717, 1.165) is 26.9 Å². The van der Waals surface area contributed by atoms with Crippen molar-refractivity contribution in [2.45, 2.75) is 33.0 Å². The Bertz CT molecular complexity index is 1200. The average Bonchev–Trinajstić information content (AvgIpc) is 3.08. The summed E-state index contributed by atoms with van der Waals surface area (Å²) in [6.45, 7) is 3.49. The molecule has 1 aromatic heterocycles. The molecule has 0 N–H and O–H groups in total. The third-order valence-electron chi connectivity index (χ3n) is 5.31.